The zero-order valence-electron chi connectivity index (χ0n) is 21.1. The highest BCUT2D eigenvalue weighted by Crippen LogP contribution is 2.29. The number of rotatable bonds is 8. The summed E-state index contributed by atoms with van der Waals surface area (Å²) in [5.74, 6) is 1.37. The molecule has 0 aromatic heterocycles. The van der Waals surface area contributed by atoms with Crippen molar-refractivity contribution in [1.29, 1.82) is 0 Å². The number of alkyl carbamates (subject to hydrolysis) is 1. The van der Waals surface area contributed by atoms with Crippen LogP contribution in [0.1, 0.15) is 50.4 Å². The highest BCUT2D eigenvalue weighted by molar-refractivity contribution is 6.34. The van der Waals surface area contributed by atoms with Crippen LogP contribution in [0.5, 0.6) is 0 Å². The molecule has 0 aliphatic heterocycles. The molecule has 0 radical (unpaired) electrons. The average molecular weight is 514 g/mol. The number of hydrogen-bond acceptors (Lipinski definition) is 5. The molecule has 0 spiro atoms. The Hall–Kier alpha value is -3.54. The summed E-state index contributed by atoms with van der Waals surface area (Å²) >= 11 is 6.31. The summed E-state index contributed by atoms with van der Waals surface area (Å²) in [6, 6.07) is 9.58. The van der Waals surface area contributed by atoms with E-state index < -0.39 is 42.2 Å². The summed E-state index contributed by atoms with van der Waals surface area (Å²) in [7, 11) is 0. The van der Waals surface area contributed by atoms with Crippen LogP contribution in [0.3, 0.4) is 0 Å². The highest BCUT2D eigenvalue weighted by atomic mass is 35.5. The predicted molar refractivity (Wildman–Crippen MR) is 140 cm³/mol. The van der Waals surface area contributed by atoms with Gasteiger partial charge in [-0.1, -0.05) is 41.8 Å². The Morgan fingerprint density at radius 2 is 1.81 bits per heavy atom. The van der Waals surface area contributed by atoms with E-state index in [4.69, 9.17) is 22.8 Å². The van der Waals surface area contributed by atoms with Crippen LogP contribution in [0.15, 0.2) is 42.5 Å². The molecule has 8 nitrogen and oxygen atoms in total. The number of aliphatic hydroxyl groups excluding tert-OH is 1. The second-order valence-corrected chi connectivity index (χ2v) is 9.62. The van der Waals surface area contributed by atoms with Gasteiger partial charge >= 0.3 is 6.09 Å². The Bertz CT molecular complexity index is 1120. The van der Waals surface area contributed by atoms with Crippen LogP contribution in [0.25, 0.3) is 0 Å². The first-order valence-electron chi connectivity index (χ1n) is 11.4. The van der Waals surface area contributed by atoms with E-state index >= 15 is 0 Å². The Kier molecular flexibility index (Phi) is 9.91. The van der Waals surface area contributed by atoms with E-state index in [2.05, 4.69) is 16.6 Å². The van der Waals surface area contributed by atoms with Crippen molar-refractivity contribution in [1.82, 2.24) is 10.2 Å². The normalized spacial score (nSPS) is 12.6. The number of benzene rings is 2. The number of nitrogens with zero attached hydrogens (tertiary/aromatic N) is 1. The zero-order valence-corrected chi connectivity index (χ0v) is 21.8. The SMILES string of the molecule is C#Cc1ccc(C(C(=O)Nc2c(C)cccc2Cl)N(CCO)C(=O)C(C)NC(=O)OC(C)(C)C)cc1. The van der Waals surface area contributed by atoms with Gasteiger partial charge in [-0.05, 0) is 63.9 Å². The molecule has 0 aliphatic carbocycles. The molecule has 192 valence electrons. The fourth-order valence-corrected chi connectivity index (χ4v) is 3.75. The van der Waals surface area contributed by atoms with Crippen molar-refractivity contribution in [2.45, 2.75) is 52.3 Å². The Morgan fingerprint density at radius 1 is 1.17 bits per heavy atom. The maximum Gasteiger partial charge on any atom is 0.408 e. The quantitative estimate of drug-likeness (QED) is 0.462. The summed E-state index contributed by atoms with van der Waals surface area (Å²) in [4.78, 5) is 40.5. The number of carbonyl (C=O) groups is 3. The minimum absolute atomic E-state index is 0.171. The number of ether oxygens (including phenoxy) is 1. The smallest absolute Gasteiger partial charge is 0.408 e. The number of carbonyl (C=O) groups excluding carboxylic acids is 3. The molecule has 2 aromatic carbocycles. The van der Waals surface area contributed by atoms with E-state index in [1.54, 1.807) is 70.2 Å². The van der Waals surface area contributed by atoms with Crippen molar-refractivity contribution in [2.24, 2.45) is 0 Å². The highest BCUT2D eigenvalue weighted by Gasteiger charge is 2.35. The topological polar surface area (TPSA) is 108 Å². The summed E-state index contributed by atoms with van der Waals surface area (Å²) in [5, 5.41) is 15.4. The first kappa shape index (κ1) is 28.7. The van der Waals surface area contributed by atoms with E-state index in [-0.39, 0.29) is 6.54 Å². The van der Waals surface area contributed by atoms with Crippen LogP contribution >= 0.6 is 11.6 Å². The number of aliphatic hydroxyl groups is 1. The third kappa shape index (κ3) is 7.74. The summed E-state index contributed by atoms with van der Waals surface area (Å²) in [6.45, 7) is 7.79. The molecule has 2 aromatic rings. The Labute approximate surface area is 217 Å². The van der Waals surface area contributed by atoms with Gasteiger partial charge in [0.05, 0.1) is 17.3 Å². The van der Waals surface area contributed by atoms with E-state index in [1.807, 2.05) is 0 Å². The fraction of sp³-hybridized carbons (Fsp3) is 0.370. The molecule has 0 saturated carbocycles. The molecule has 3 amide bonds. The van der Waals surface area contributed by atoms with Crippen LogP contribution in [-0.4, -0.2) is 52.7 Å². The lowest BCUT2D eigenvalue weighted by Gasteiger charge is -2.33. The maximum absolute atomic E-state index is 13.6. The van der Waals surface area contributed by atoms with Crippen molar-refractivity contribution < 1.29 is 24.2 Å². The molecule has 0 saturated heterocycles. The van der Waals surface area contributed by atoms with E-state index in [0.717, 1.165) is 5.56 Å². The molecule has 2 unspecified atom stereocenters. The summed E-state index contributed by atoms with van der Waals surface area (Å²) in [6.07, 6.45) is 4.68. The van der Waals surface area contributed by atoms with Crippen LogP contribution in [0, 0.1) is 19.3 Å². The number of halogens is 1. The Morgan fingerprint density at radius 3 is 2.33 bits per heavy atom. The first-order valence-corrected chi connectivity index (χ1v) is 11.8. The number of anilines is 1. The lowest BCUT2D eigenvalue weighted by molar-refractivity contribution is -0.141. The molecule has 3 N–H and O–H groups in total. The standard InChI is InChI=1S/C27H32ClN3O5/c1-7-19-11-13-20(14-12-19)23(24(33)30-22-17(2)9-8-10-21(22)28)31(15-16-32)25(34)18(3)29-26(35)36-27(4,5)6/h1,8-14,18,23,32H,15-16H2,2-6H3,(H,29,35)(H,30,33). The van der Waals surface area contributed by atoms with Gasteiger partial charge in [0.15, 0.2) is 0 Å². The van der Waals surface area contributed by atoms with Crippen LogP contribution in [-0.2, 0) is 14.3 Å². The molecule has 0 bridgehead atoms. The maximum atomic E-state index is 13.6. The monoisotopic (exact) mass is 513 g/mol. The van der Waals surface area contributed by atoms with E-state index in [1.165, 1.54) is 11.8 Å². The third-order valence-corrected chi connectivity index (χ3v) is 5.47. The molecule has 0 heterocycles. The largest absolute Gasteiger partial charge is 0.444 e. The number of amides is 3. The van der Waals surface area contributed by atoms with Gasteiger partial charge in [0.25, 0.3) is 5.91 Å². The van der Waals surface area contributed by atoms with Gasteiger partial charge in [0, 0.05) is 12.1 Å². The minimum atomic E-state index is -1.16. The van der Waals surface area contributed by atoms with Gasteiger partial charge in [-0.15, -0.1) is 6.42 Å². The molecule has 36 heavy (non-hydrogen) atoms. The van der Waals surface area contributed by atoms with Crippen LogP contribution in [0.2, 0.25) is 5.02 Å². The van der Waals surface area contributed by atoms with Crippen molar-refractivity contribution >= 4 is 35.2 Å². The number of terminal acetylenes is 1. The predicted octanol–water partition coefficient (Wildman–Crippen LogP) is 4.04. The van der Waals surface area contributed by atoms with Gasteiger partial charge in [0.1, 0.15) is 17.7 Å². The van der Waals surface area contributed by atoms with Crippen LogP contribution < -0.4 is 10.6 Å². The lowest BCUT2D eigenvalue weighted by atomic mass is 10.0. The van der Waals surface area contributed by atoms with Gasteiger partial charge in [-0.3, -0.25) is 9.59 Å². The lowest BCUT2D eigenvalue weighted by Crippen LogP contribution is -2.52. The molecule has 2 atom stereocenters. The van der Waals surface area contributed by atoms with Gasteiger partial charge in [-0.2, -0.15) is 0 Å². The fourth-order valence-electron chi connectivity index (χ4n) is 3.49. The van der Waals surface area contributed by atoms with Crippen molar-refractivity contribution in [3.05, 3.63) is 64.2 Å². The van der Waals surface area contributed by atoms with Crippen molar-refractivity contribution in [3.8, 4) is 12.3 Å². The third-order valence-electron chi connectivity index (χ3n) is 5.15. The molecular weight excluding hydrogens is 482 g/mol. The molecule has 9 heteroatoms. The minimum Gasteiger partial charge on any atom is -0.444 e. The van der Waals surface area contributed by atoms with E-state index in [9.17, 15) is 19.5 Å². The second-order valence-electron chi connectivity index (χ2n) is 9.21. The zero-order chi connectivity index (χ0) is 27.0. The van der Waals surface area contributed by atoms with Crippen LogP contribution in [0.4, 0.5) is 10.5 Å². The van der Waals surface area contributed by atoms with Gasteiger partial charge in [0.2, 0.25) is 5.91 Å². The van der Waals surface area contributed by atoms with Gasteiger partial charge < -0.3 is 25.4 Å². The molecule has 0 fully saturated rings. The average Bonchev–Trinajstić information content (AvgIpc) is 2.79. The number of hydrogen-bond donors (Lipinski definition) is 3. The number of nitrogens with one attached hydrogen (secondary N) is 2. The molecule has 0 aliphatic rings. The van der Waals surface area contributed by atoms with Gasteiger partial charge in [-0.25, -0.2) is 4.79 Å². The number of aryl methyl sites for hydroxylation is 1. The first-order chi connectivity index (χ1) is 16.9. The number of para-hydroxylation sites is 1. The summed E-state index contributed by atoms with van der Waals surface area (Å²) < 4.78 is 5.24. The molecular formula is C27H32ClN3O5. The second kappa shape index (κ2) is 12.4. The van der Waals surface area contributed by atoms with Crippen molar-refractivity contribution in [2.75, 3.05) is 18.5 Å². The Balaban J connectivity index is 2.45. The summed E-state index contributed by atoms with van der Waals surface area (Å²) in [5.41, 5.74) is 1.44. The van der Waals surface area contributed by atoms with Crippen molar-refractivity contribution in [3.63, 3.8) is 0 Å². The molecule has 2 rings (SSSR count). The van der Waals surface area contributed by atoms with E-state index in [0.29, 0.717) is 21.8 Å².